The van der Waals surface area contributed by atoms with Crippen molar-refractivity contribution in [1.82, 2.24) is 15.4 Å². The number of carbonyl (C=O) groups excluding carboxylic acids is 1. The van der Waals surface area contributed by atoms with Crippen LogP contribution in [0.4, 0.5) is 23.0 Å². The number of aromatic nitrogens is 2. The third kappa shape index (κ3) is 4.73. The quantitative estimate of drug-likeness (QED) is 0.300. The lowest BCUT2D eigenvalue weighted by Crippen LogP contribution is -2.47. The summed E-state index contributed by atoms with van der Waals surface area (Å²) in [4.78, 5) is 37.0. The first kappa shape index (κ1) is 24.0. The van der Waals surface area contributed by atoms with E-state index in [9.17, 15) is 14.9 Å². The number of hydrogen-bond donors (Lipinski definition) is 2. The third-order valence-electron chi connectivity index (χ3n) is 6.81. The van der Waals surface area contributed by atoms with E-state index in [-0.39, 0.29) is 17.3 Å². The fourth-order valence-corrected chi connectivity index (χ4v) is 4.70. The molecule has 1 aliphatic heterocycles. The molecule has 0 unspecified atom stereocenters. The summed E-state index contributed by atoms with van der Waals surface area (Å²) in [5.41, 5.74) is 9.03. The average Bonchev–Trinajstić information content (AvgIpc) is 2.92. The molecular formula is C27H27N7O3. The maximum Gasteiger partial charge on any atom is 0.355 e. The van der Waals surface area contributed by atoms with Gasteiger partial charge in [-0.15, -0.1) is 0 Å². The second kappa shape index (κ2) is 10.1. The Morgan fingerprint density at radius 2 is 1.62 bits per heavy atom. The van der Waals surface area contributed by atoms with E-state index in [0.717, 1.165) is 10.8 Å². The van der Waals surface area contributed by atoms with Crippen molar-refractivity contribution in [2.75, 3.05) is 41.4 Å². The first-order chi connectivity index (χ1) is 17.9. The van der Waals surface area contributed by atoms with E-state index in [1.54, 1.807) is 12.1 Å². The summed E-state index contributed by atoms with van der Waals surface area (Å²) >= 11 is 0. The normalized spacial score (nSPS) is 13.5. The van der Waals surface area contributed by atoms with Gasteiger partial charge in [-0.3, -0.25) is 25.8 Å². The molecule has 4 aromatic rings. The molecule has 5 rings (SSSR count). The number of nitrogens with zero attached hydrogens (tertiary/aromatic N) is 5. The third-order valence-corrected chi connectivity index (χ3v) is 6.81. The number of piperazine rings is 1. The second-order valence-corrected chi connectivity index (χ2v) is 8.95. The molecule has 0 radical (unpaired) electrons. The first-order valence-electron chi connectivity index (χ1n) is 12.0. The molecule has 2 heterocycles. The number of hydrazine groups is 1. The van der Waals surface area contributed by atoms with Gasteiger partial charge in [0.15, 0.2) is 0 Å². The summed E-state index contributed by atoms with van der Waals surface area (Å²) in [7, 11) is 0. The SMILES string of the molecule is Cc1cccc(N2CCN(c3ncnc(NNC(=O)c4cccc5ccccc45)c3[N+](=O)[O-])CC2)c1C. The highest BCUT2D eigenvalue weighted by atomic mass is 16.6. The zero-order valence-corrected chi connectivity index (χ0v) is 20.6. The standard InChI is InChI=1S/C27H27N7O3/c1-18-7-5-12-23(19(18)2)32-13-15-33(16-14-32)26-24(34(36)37)25(28-17-29-26)30-31-27(35)22-11-6-9-20-8-3-4-10-21(20)22/h3-12,17H,13-16H2,1-2H3,(H,31,35)(H,28,29,30). The van der Waals surface area contributed by atoms with Crippen molar-refractivity contribution in [1.29, 1.82) is 0 Å². The zero-order chi connectivity index (χ0) is 25.9. The van der Waals surface area contributed by atoms with Crippen LogP contribution in [0.25, 0.3) is 10.8 Å². The summed E-state index contributed by atoms with van der Waals surface area (Å²) in [5.74, 6) is -0.267. The molecule has 1 amide bonds. The first-order valence-corrected chi connectivity index (χ1v) is 12.0. The van der Waals surface area contributed by atoms with Gasteiger partial charge in [-0.05, 0) is 47.9 Å². The van der Waals surface area contributed by atoms with E-state index in [1.807, 2.05) is 41.3 Å². The van der Waals surface area contributed by atoms with Crippen LogP contribution in [-0.2, 0) is 0 Å². The number of nitro groups is 1. The Hall–Kier alpha value is -4.73. The van der Waals surface area contributed by atoms with E-state index in [1.165, 1.54) is 23.1 Å². The number of hydrogen-bond acceptors (Lipinski definition) is 8. The molecule has 0 aliphatic carbocycles. The minimum absolute atomic E-state index is 0.0689. The van der Waals surface area contributed by atoms with Gasteiger partial charge < -0.3 is 9.80 Å². The van der Waals surface area contributed by atoms with Crippen molar-refractivity contribution >= 4 is 39.7 Å². The van der Waals surface area contributed by atoms with Gasteiger partial charge in [0.05, 0.1) is 4.92 Å². The highest BCUT2D eigenvalue weighted by Gasteiger charge is 2.30. The van der Waals surface area contributed by atoms with Gasteiger partial charge in [0, 0.05) is 37.4 Å². The van der Waals surface area contributed by atoms with Gasteiger partial charge in [0.1, 0.15) is 6.33 Å². The maximum atomic E-state index is 12.9. The number of amides is 1. The van der Waals surface area contributed by atoms with E-state index in [2.05, 4.69) is 51.7 Å². The van der Waals surface area contributed by atoms with Crippen molar-refractivity contribution in [2.24, 2.45) is 0 Å². The Morgan fingerprint density at radius 1 is 0.919 bits per heavy atom. The summed E-state index contributed by atoms with van der Waals surface area (Å²) in [6.07, 6.45) is 1.27. The van der Waals surface area contributed by atoms with Gasteiger partial charge in [-0.25, -0.2) is 9.97 Å². The highest BCUT2D eigenvalue weighted by Crippen LogP contribution is 2.33. The van der Waals surface area contributed by atoms with Crippen LogP contribution in [-0.4, -0.2) is 47.0 Å². The lowest BCUT2D eigenvalue weighted by Gasteiger charge is -2.37. The molecule has 188 valence electrons. The minimum Gasteiger partial charge on any atom is -0.368 e. The molecule has 1 aromatic heterocycles. The number of nitrogens with one attached hydrogen (secondary N) is 2. The fraction of sp³-hybridized carbons (Fsp3) is 0.222. The predicted molar refractivity (Wildman–Crippen MR) is 144 cm³/mol. The number of rotatable bonds is 6. The van der Waals surface area contributed by atoms with Gasteiger partial charge in [-0.2, -0.15) is 0 Å². The number of benzene rings is 3. The second-order valence-electron chi connectivity index (χ2n) is 8.95. The number of fused-ring (bicyclic) bond motifs is 1. The minimum atomic E-state index is -0.515. The van der Waals surface area contributed by atoms with Gasteiger partial charge in [0.2, 0.25) is 11.6 Å². The van der Waals surface area contributed by atoms with Crippen molar-refractivity contribution < 1.29 is 9.72 Å². The Balaban J connectivity index is 1.33. The van der Waals surface area contributed by atoms with Crippen LogP contribution in [0, 0.1) is 24.0 Å². The molecular weight excluding hydrogens is 470 g/mol. The summed E-state index contributed by atoms with van der Waals surface area (Å²) in [6.45, 7) is 6.72. The maximum absolute atomic E-state index is 12.9. The summed E-state index contributed by atoms with van der Waals surface area (Å²) in [5, 5.41) is 13.8. The topological polar surface area (TPSA) is 117 Å². The Kier molecular flexibility index (Phi) is 6.55. The smallest absolute Gasteiger partial charge is 0.355 e. The largest absolute Gasteiger partial charge is 0.368 e. The van der Waals surface area contributed by atoms with Crippen molar-refractivity contribution in [3.8, 4) is 0 Å². The van der Waals surface area contributed by atoms with Crippen LogP contribution >= 0.6 is 0 Å². The molecule has 0 atom stereocenters. The van der Waals surface area contributed by atoms with Gasteiger partial charge >= 0.3 is 5.69 Å². The molecule has 0 bridgehead atoms. The van der Waals surface area contributed by atoms with E-state index in [0.29, 0.717) is 31.7 Å². The van der Waals surface area contributed by atoms with Crippen molar-refractivity contribution in [3.05, 3.63) is 93.8 Å². The van der Waals surface area contributed by atoms with Crippen LogP contribution in [0.2, 0.25) is 0 Å². The van der Waals surface area contributed by atoms with Gasteiger partial charge in [-0.1, -0.05) is 48.5 Å². The Bertz CT molecular complexity index is 1480. The molecule has 1 fully saturated rings. The van der Waals surface area contributed by atoms with Crippen LogP contribution < -0.4 is 20.7 Å². The van der Waals surface area contributed by atoms with Crippen LogP contribution in [0.1, 0.15) is 21.5 Å². The Labute approximate surface area is 214 Å². The molecule has 37 heavy (non-hydrogen) atoms. The lowest BCUT2D eigenvalue weighted by molar-refractivity contribution is -0.383. The summed E-state index contributed by atoms with van der Waals surface area (Å²) in [6, 6.07) is 19.2. The summed E-state index contributed by atoms with van der Waals surface area (Å²) < 4.78 is 0. The van der Waals surface area contributed by atoms with Crippen LogP contribution in [0.5, 0.6) is 0 Å². The molecule has 0 spiro atoms. The number of carbonyl (C=O) groups is 1. The van der Waals surface area contributed by atoms with E-state index >= 15 is 0 Å². The predicted octanol–water partition coefficient (Wildman–Crippen LogP) is 4.24. The molecule has 0 saturated carbocycles. The fourth-order valence-electron chi connectivity index (χ4n) is 4.70. The molecule has 10 nitrogen and oxygen atoms in total. The van der Waals surface area contributed by atoms with Crippen molar-refractivity contribution in [2.45, 2.75) is 13.8 Å². The molecule has 1 aliphatic rings. The average molecular weight is 498 g/mol. The number of aryl methyl sites for hydroxylation is 1. The van der Waals surface area contributed by atoms with E-state index in [4.69, 9.17) is 0 Å². The van der Waals surface area contributed by atoms with Crippen molar-refractivity contribution in [3.63, 3.8) is 0 Å². The lowest BCUT2D eigenvalue weighted by atomic mass is 10.0. The molecule has 1 saturated heterocycles. The van der Waals surface area contributed by atoms with Gasteiger partial charge in [0.25, 0.3) is 5.91 Å². The Morgan fingerprint density at radius 3 is 2.41 bits per heavy atom. The van der Waals surface area contributed by atoms with Crippen LogP contribution in [0.3, 0.4) is 0 Å². The van der Waals surface area contributed by atoms with E-state index < -0.39 is 10.8 Å². The molecule has 10 heteroatoms. The monoisotopic (exact) mass is 497 g/mol. The highest BCUT2D eigenvalue weighted by molar-refractivity contribution is 6.07. The molecule has 2 N–H and O–H groups in total. The molecule has 3 aromatic carbocycles. The van der Waals surface area contributed by atoms with Crippen LogP contribution in [0.15, 0.2) is 67.0 Å². The zero-order valence-electron chi connectivity index (χ0n) is 20.6. The number of anilines is 3.